The molecule has 0 aliphatic carbocycles. The van der Waals surface area contributed by atoms with Crippen molar-refractivity contribution < 1.29 is 9.50 Å². The summed E-state index contributed by atoms with van der Waals surface area (Å²) < 4.78 is 14.0. The van der Waals surface area contributed by atoms with Crippen molar-refractivity contribution in [1.29, 1.82) is 0 Å². The Kier molecular flexibility index (Phi) is 4.40. The van der Waals surface area contributed by atoms with Gasteiger partial charge in [0.15, 0.2) is 0 Å². The topological polar surface area (TPSA) is 23.5 Å². The molecule has 0 aliphatic rings. The Hall–Kier alpha value is -1.87. The normalized spacial score (nSPS) is 12.2. The third-order valence-corrected chi connectivity index (χ3v) is 3.46. The Labute approximate surface area is 119 Å². The van der Waals surface area contributed by atoms with Crippen LogP contribution in [0.25, 0.3) is 0 Å². The van der Waals surface area contributed by atoms with Crippen LogP contribution < -0.4 is 4.90 Å². The van der Waals surface area contributed by atoms with Crippen molar-refractivity contribution in [1.82, 2.24) is 0 Å². The van der Waals surface area contributed by atoms with Gasteiger partial charge in [-0.1, -0.05) is 24.3 Å². The van der Waals surface area contributed by atoms with Gasteiger partial charge >= 0.3 is 0 Å². The van der Waals surface area contributed by atoms with Gasteiger partial charge in [0.2, 0.25) is 0 Å². The molecule has 106 valence electrons. The number of aryl methyl sites for hydroxylation is 1. The first-order chi connectivity index (χ1) is 9.56. The summed E-state index contributed by atoms with van der Waals surface area (Å²) in [5.74, 6) is -0.371. The van der Waals surface area contributed by atoms with Crippen molar-refractivity contribution >= 4 is 11.4 Å². The van der Waals surface area contributed by atoms with E-state index in [1.165, 1.54) is 6.07 Å². The fraction of sp³-hybridized carbons (Fsp3) is 0.294. The number of anilines is 2. The van der Waals surface area contributed by atoms with E-state index in [1.807, 2.05) is 49.1 Å². The molecule has 0 amide bonds. The molecule has 0 fully saturated rings. The number of hydrogen-bond acceptors (Lipinski definition) is 2. The van der Waals surface area contributed by atoms with E-state index in [4.69, 9.17) is 0 Å². The highest BCUT2D eigenvalue weighted by atomic mass is 19.1. The molecule has 0 spiro atoms. The highest BCUT2D eigenvalue weighted by Crippen LogP contribution is 2.34. The smallest absolute Gasteiger partial charge is 0.131 e. The van der Waals surface area contributed by atoms with E-state index in [-0.39, 0.29) is 5.82 Å². The molecular formula is C17H20FNO. The average Bonchev–Trinajstić information content (AvgIpc) is 2.41. The van der Waals surface area contributed by atoms with Crippen LogP contribution in [0.2, 0.25) is 0 Å². The molecule has 0 aliphatic heterocycles. The second-order valence-corrected chi connectivity index (χ2v) is 4.88. The first-order valence-electron chi connectivity index (χ1n) is 6.86. The lowest BCUT2D eigenvalue weighted by atomic mass is 10.0. The Morgan fingerprint density at radius 1 is 1.10 bits per heavy atom. The van der Waals surface area contributed by atoms with Gasteiger partial charge in [0.25, 0.3) is 0 Å². The van der Waals surface area contributed by atoms with Crippen molar-refractivity contribution in [2.75, 3.05) is 11.4 Å². The lowest BCUT2D eigenvalue weighted by Crippen LogP contribution is -2.20. The molecule has 2 aromatic rings. The third kappa shape index (κ3) is 2.68. The Morgan fingerprint density at radius 2 is 1.75 bits per heavy atom. The molecule has 0 radical (unpaired) electrons. The van der Waals surface area contributed by atoms with E-state index < -0.39 is 6.10 Å². The highest BCUT2D eigenvalue weighted by Gasteiger charge is 2.19. The van der Waals surface area contributed by atoms with Gasteiger partial charge in [0.05, 0.1) is 6.10 Å². The first kappa shape index (κ1) is 14.5. The molecule has 0 aromatic heterocycles. The van der Waals surface area contributed by atoms with Gasteiger partial charge in [-0.3, -0.25) is 0 Å². The van der Waals surface area contributed by atoms with Gasteiger partial charge in [-0.05, 0) is 44.5 Å². The van der Waals surface area contributed by atoms with Crippen molar-refractivity contribution in [3.8, 4) is 0 Å². The van der Waals surface area contributed by atoms with Gasteiger partial charge in [-0.25, -0.2) is 4.39 Å². The molecule has 1 N–H and O–H groups in total. The number of hydrogen-bond donors (Lipinski definition) is 1. The summed E-state index contributed by atoms with van der Waals surface area (Å²) in [4.78, 5) is 2.03. The summed E-state index contributed by atoms with van der Waals surface area (Å²) in [5.41, 5.74) is 3.21. The summed E-state index contributed by atoms with van der Waals surface area (Å²) in [5, 5.41) is 9.88. The second-order valence-electron chi connectivity index (χ2n) is 4.88. The maximum atomic E-state index is 14.0. The van der Waals surface area contributed by atoms with Crippen LogP contribution in [0.5, 0.6) is 0 Å². The van der Waals surface area contributed by atoms with Crippen LogP contribution in [0.1, 0.15) is 31.1 Å². The lowest BCUT2D eigenvalue weighted by Gasteiger charge is -2.28. The number of aliphatic hydroxyl groups is 1. The summed E-state index contributed by atoms with van der Waals surface area (Å²) in [7, 11) is 0. The van der Waals surface area contributed by atoms with Gasteiger partial charge in [-0.15, -0.1) is 0 Å². The maximum Gasteiger partial charge on any atom is 0.131 e. The average molecular weight is 273 g/mol. The summed E-state index contributed by atoms with van der Waals surface area (Å²) >= 11 is 0. The minimum absolute atomic E-state index is 0.345. The predicted octanol–water partition coefficient (Wildman–Crippen LogP) is 4.35. The third-order valence-electron chi connectivity index (χ3n) is 3.46. The molecule has 2 nitrogen and oxygen atoms in total. The van der Waals surface area contributed by atoms with Crippen LogP contribution in [0.3, 0.4) is 0 Å². The van der Waals surface area contributed by atoms with E-state index in [2.05, 4.69) is 0 Å². The molecule has 3 heteroatoms. The van der Waals surface area contributed by atoms with Crippen LogP contribution in [-0.4, -0.2) is 11.7 Å². The van der Waals surface area contributed by atoms with E-state index in [1.54, 1.807) is 13.0 Å². The van der Waals surface area contributed by atoms with Gasteiger partial charge < -0.3 is 10.0 Å². The lowest BCUT2D eigenvalue weighted by molar-refractivity contribution is 0.194. The molecule has 0 bridgehead atoms. The van der Waals surface area contributed by atoms with Gasteiger partial charge in [0.1, 0.15) is 5.82 Å². The minimum Gasteiger partial charge on any atom is -0.389 e. The number of aliphatic hydroxyl groups excluding tert-OH is 1. The monoisotopic (exact) mass is 273 g/mol. The number of rotatable bonds is 4. The summed E-state index contributed by atoms with van der Waals surface area (Å²) in [6, 6.07) is 12.9. The molecule has 0 saturated carbocycles. The first-order valence-corrected chi connectivity index (χ1v) is 6.86. The van der Waals surface area contributed by atoms with Crippen LogP contribution in [-0.2, 0) is 0 Å². The van der Waals surface area contributed by atoms with Gasteiger partial charge in [-0.2, -0.15) is 0 Å². The molecule has 20 heavy (non-hydrogen) atoms. The highest BCUT2D eigenvalue weighted by molar-refractivity contribution is 5.69. The largest absolute Gasteiger partial charge is 0.389 e. The van der Waals surface area contributed by atoms with Crippen molar-refractivity contribution in [3.05, 3.63) is 59.4 Å². The van der Waals surface area contributed by atoms with Gasteiger partial charge in [0, 0.05) is 23.5 Å². The van der Waals surface area contributed by atoms with Crippen LogP contribution in [0.15, 0.2) is 42.5 Å². The maximum absolute atomic E-state index is 14.0. The summed E-state index contributed by atoms with van der Waals surface area (Å²) in [6.45, 7) is 6.34. The Bertz CT molecular complexity index is 595. The van der Waals surface area contributed by atoms with Crippen molar-refractivity contribution in [2.24, 2.45) is 0 Å². The second kappa shape index (κ2) is 6.06. The van der Waals surface area contributed by atoms with E-state index >= 15 is 0 Å². The molecule has 0 saturated heterocycles. The minimum atomic E-state index is -0.843. The molecule has 0 unspecified atom stereocenters. The molecule has 2 rings (SSSR count). The number of nitrogens with zero attached hydrogens (tertiary/aromatic N) is 1. The van der Waals surface area contributed by atoms with E-state index in [0.29, 0.717) is 12.1 Å². The number of para-hydroxylation sites is 1. The SMILES string of the molecule is CCN(c1ccccc1C)c1cccc(F)c1[C@H](C)O. The van der Waals surface area contributed by atoms with Crippen molar-refractivity contribution in [3.63, 3.8) is 0 Å². The summed E-state index contributed by atoms with van der Waals surface area (Å²) in [6.07, 6.45) is -0.843. The number of halogens is 1. The van der Waals surface area contributed by atoms with E-state index in [0.717, 1.165) is 16.9 Å². The molecule has 2 aromatic carbocycles. The molecule has 0 heterocycles. The van der Waals surface area contributed by atoms with Crippen LogP contribution in [0.4, 0.5) is 15.8 Å². The Morgan fingerprint density at radius 3 is 2.35 bits per heavy atom. The van der Waals surface area contributed by atoms with Crippen LogP contribution >= 0.6 is 0 Å². The fourth-order valence-corrected chi connectivity index (χ4v) is 2.51. The fourth-order valence-electron chi connectivity index (χ4n) is 2.51. The zero-order valence-corrected chi connectivity index (χ0v) is 12.1. The zero-order chi connectivity index (χ0) is 14.7. The standard InChI is InChI=1S/C17H20FNO/c1-4-19(15-10-6-5-8-12(15)2)16-11-7-9-14(18)17(16)13(3)20/h5-11,13,20H,4H2,1-3H3/t13-/m0/s1. The van der Waals surface area contributed by atoms with Crippen LogP contribution in [0, 0.1) is 12.7 Å². The quantitative estimate of drug-likeness (QED) is 0.895. The molecule has 1 atom stereocenters. The zero-order valence-electron chi connectivity index (χ0n) is 12.1. The number of benzene rings is 2. The predicted molar refractivity (Wildman–Crippen MR) is 80.9 cm³/mol. The Balaban J connectivity index is 2.59. The van der Waals surface area contributed by atoms with E-state index in [9.17, 15) is 9.50 Å². The molecular weight excluding hydrogens is 253 g/mol. The van der Waals surface area contributed by atoms with Crippen molar-refractivity contribution in [2.45, 2.75) is 26.9 Å².